The minimum Gasteiger partial charge on any atom is -0.309 e. The van der Waals surface area contributed by atoms with Crippen molar-refractivity contribution in [3.05, 3.63) is 64.1 Å². The Morgan fingerprint density at radius 3 is 2.71 bits per heavy atom. The van der Waals surface area contributed by atoms with Gasteiger partial charge in [0.2, 0.25) is 0 Å². The molecule has 108 valence electrons. The highest BCUT2D eigenvalue weighted by Gasteiger charge is 2.15. The van der Waals surface area contributed by atoms with Crippen LogP contribution in [-0.4, -0.2) is 11.5 Å². The van der Waals surface area contributed by atoms with Crippen molar-refractivity contribution in [1.29, 1.82) is 0 Å². The topological polar surface area (TPSA) is 24.9 Å². The molecule has 0 bridgehead atoms. The van der Waals surface area contributed by atoms with Gasteiger partial charge in [0.15, 0.2) is 0 Å². The number of aromatic nitrogens is 1. The van der Waals surface area contributed by atoms with E-state index in [4.69, 9.17) is 0 Å². The lowest BCUT2D eigenvalue weighted by atomic mass is 9.98. The number of nitrogens with one attached hydrogen (secondary N) is 1. The molecule has 0 aliphatic rings. The van der Waals surface area contributed by atoms with Crippen LogP contribution >= 0.6 is 11.3 Å². The first-order chi connectivity index (χ1) is 10.3. The summed E-state index contributed by atoms with van der Waals surface area (Å²) >= 11 is 1.79. The van der Waals surface area contributed by atoms with Gasteiger partial charge in [0.1, 0.15) is 0 Å². The van der Waals surface area contributed by atoms with Crippen molar-refractivity contribution in [3.63, 3.8) is 0 Å². The predicted molar refractivity (Wildman–Crippen MR) is 90.9 cm³/mol. The average molecular weight is 296 g/mol. The van der Waals surface area contributed by atoms with E-state index in [-0.39, 0.29) is 0 Å². The van der Waals surface area contributed by atoms with E-state index in [1.807, 2.05) is 6.20 Å². The number of hydrogen-bond acceptors (Lipinski definition) is 3. The molecule has 2 aromatic carbocycles. The second-order valence-corrected chi connectivity index (χ2v) is 6.50. The van der Waals surface area contributed by atoms with E-state index in [1.165, 1.54) is 21.2 Å². The predicted octanol–water partition coefficient (Wildman–Crippen LogP) is 4.50. The zero-order valence-electron chi connectivity index (χ0n) is 12.5. The second kappa shape index (κ2) is 6.37. The van der Waals surface area contributed by atoms with Gasteiger partial charge >= 0.3 is 0 Å². The van der Waals surface area contributed by atoms with E-state index in [2.05, 4.69) is 66.6 Å². The molecule has 0 aliphatic carbocycles. The summed E-state index contributed by atoms with van der Waals surface area (Å²) in [6.07, 6.45) is 3.01. The van der Waals surface area contributed by atoms with Gasteiger partial charge < -0.3 is 5.32 Å². The van der Waals surface area contributed by atoms with Crippen LogP contribution in [0.1, 0.15) is 28.4 Å². The van der Waals surface area contributed by atoms with E-state index in [1.54, 1.807) is 11.3 Å². The molecule has 0 saturated carbocycles. The van der Waals surface area contributed by atoms with Crippen molar-refractivity contribution < 1.29 is 0 Å². The van der Waals surface area contributed by atoms with Crippen LogP contribution in [0.2, 0.25) is 0 Å². The van der Waals surface area contributed by atoms with Gasteiger partial charge in [-0.15, -0.1) is 11.3 Å². The first kappa shape index (κ1) is 14.2. The fourth-order valence-corrected chi connectivity index (χ4v) is 3.61. The number of thiazole rings is 1. The highest BCUT2D eigenvalue weighted by atomic mass is 32.1. The Bertz CT molecular complexity index is 727. The maximum atomic E-state index is 4.40. The molecule has 0 saturated heterocycles. The van der Waals surface area contributed by atoms with E-state index in [0.717, 1.165) is 18.0 Å². The molecule has 2 nitrogen and oxygen atoms in total. The Morgan fingerprint density at radius 2 is 1.95 bits per heavy atom. The first-order valence-corrected chi connectivity index (χ1v) is 8.22. The highest BCUT2D eigenvalue weighted by Crippen LogP contribution is 2.27. The zero-order chi connectivity index (χ0) is 14.7. The Labute approximate surface area is 129 Å². The summed E-state index contributed by atoms with van der Waals surface area (Å²) in [5, 5.41) is 7.39. The van der Waals surface area contributed by atoms with Crippen LogP contribution in [0.5, 0.6) is 0 Å². The Morgan fingerprint density at radius 1 is 1.14 bits per heavy atom. The molecule has 1 unspecified atom stereocenters. The Kier molecular flexibility index (Phi) is 4.32. The zero-order valence-corrected chi connectivity index (χ0v) is 13.3. The SMILES string of the molecule is CCNC(Cc1cccc2ccccc12)c1cnc(C)s1. The van der Waals surface area contributed by atoms with Gasteiger partial charge in [-0.2, -0.15) is 0 Å². The molecule has 3 rings (SSSR count). The number of rotatable bonds is 5. The fraction of sp³-hybridized carbons (Fsp3) is 0.278. The van der Waals surface area contributed by atoms with Crippen LogP contribution in [0, 0.1) is 6.92 Å². The van der Waals surface area contributed by atoms with Crippen molar-refractivity contribution in [2.45, 2.75) is 26.3 Å². The Hall–Kier alpha value is -1.71. The van der Waals surface area contributed by atoms with Crippen molar-refractivity contribution in [3.8, 4) is 0 Å². The van der Waals surface area contributed by atoms with Gasteiger partial charge in [0.25, 0.3) is 0 Å². The molecule has 3 aromatic rings. The van der Waals surface area contributed by atoms with Crippen molar-refractivity contribution in [2.75, 3.05) is 6.54 Å². The number of hydrogen-bond donors (Lipinski definition) is 1. The minimum absolute atomic E-state index is 0.340. The molecule has 1 heterocycles. The van der Waals surface area contributed by atoms with Gasteiger partial charge in [0.05, 0.1) is 5.01 Å². The summed E-state index contributed by atoms with van der Waals surface area (Å²) in [7, 11) is 0. The summed E-state index contributed by atoms with van der Waals surface area (Å²) in [5.74, 6) is 0. The van der Waals surface area contributed by atoms with Crippen LogP contribution in [0.15, 0.2) is 48.7 Å². The Balaban J connectivity index is 1.94. The second-order valence-electron chi connectivity index (χ2n) is 5.23. The molecule has 0 aliphatic heterocycles. The summed E-state index contributed by atoms with van der Waals surface area (Å²) in [4.78, 5) is 5.72. The fourth-order valence-electron chi connectivity index (χ4n) is 2.75. The van der Waals surface area contributed by atoms with Crippen LogP contribution < -0.4 is 5.32 Å². The molecular weight excluding hydrogens is 276 g/mol. The van der Waals surface area contributed by atoms with Crippen LogP contribution in [0.25, 0.3) is 10.8 Å². The van der Waals surface area contributed by atoms with Gasteiger partial charge in [-0.3, -0.25) is 0 Å². The van der Waals surface area contributed by atoms with Gasteiger partial charge in [0, 0.05) is 17.1 Å². The number of nitrogens with zero attached hydrogens (tertiary/aromatic N) is 1. The molecule has 1 atom stereocenters. The number of fused-ring (bicyclic) bond motifs is 1. The van der Waals surface area contributed by atoms with E-state index in [9.17, 15) is 0 Å². The smallest absolute Gasteiger partial charge is 0.0897 e. The quantitative estimate of drug-likeness (QED) is 0.750. The number of benzene rings is 2. The van der Waals surface area contributed by atoms with Crippen molar-refractivity contribution >= 4 is 22.1 Å². The third kappa shape index (κ3) is 3.14. The minimum atomic E-state index is 0.340. The molecule has 21 heavy (non-hydrogen) atoms. The summed E-state index contributed by atoms with van der Waals surface area (Å²) in [6, 6.07) is 15.5. The van der Waals surface area contributed by atoms with E-state index >= 15 is 0 Å². The molecule has 1 N–H and O–H groups in total. The van der Waals surface area contributed by atoms with Gasteiger partial charge in [-0.05, 0) is 36.2 Å². The maximum Gasteiger partial charge on any atom is 0.0897 e. The van der Waals surface area contributed by atoms with Gasteiger partial charge in [-0.1, -0.05) is 49.4 Å². The molecule has 0 spiro atoms. The van der Waals surface area contributed by atoms with Crippen LogP contribution in [-0.2, 0) is 6.42 Å². The number of aryl methyl sites for hydroxylation is 1. The standard InChI is InChI=1S/C18H20N2S/c1-3-19-17(18-12-20-13(2)21-18)11-15-9-6-8-14-7-4-5-10-16(14)15/h4-10,12,17,19H,3,11H2,1-2H3. The van der Waals surface area contributed by atoms with E-state index < -0.39 is 0 Å². The average Bonchev–Trinajstić information content (AvgIpc) is 2.94. The van der Waals surface area contributed by atoms with Crippen molar-refractivity contribution in [2.24, 2.45) is 0 Å². The molecule has 0 amide bonds. The molecule has 3 heteroatoms. The van der Waals surface area contributed by atoms with Gasteiger partial charge in [-0.25, -0.2) is 4.98 Å². The largest absolute Gasteiger partial charge is 0.309 e. The summed E-state index contributed by atoms with van der Waals surface area (Å²) in [6.45, 7) is 5.19. The van der Waals surface area contributed by atoms with Crippen LogP contribution in [0.4, 0.5) is 0 Å². The summed E-state index contributed by atoms with van der Waals surface area (Å²) in [5.41, 5.74) is 1.39. The molecule has 1 aromatic heterocycles. The molecule has 0 radical (unpaired) electrons. The van der Waals surface area contributed by atoms with Crippen molar-refractivity contribution in [1.82, 2.24) is 10.3 Å². The summed E-state index contributed by atoms with van der Waals surface area (Å²) < 4.78 is 0. The van der Waals surface area contributed by atoms with Crippen LogP contribution in [0.3, 0.4) is 0 Å². The third-order valence-corrected chi connectivity index (χ3v) is 4.76. The first-order valence-electron chi connectivity index (χ1n) is 7.40. The third-order valence-electron chi connectivity index (χ3n) is 3.74. The highest BCUT2D eigenvalue weighted by molar-refractivity contribution is 7.11. The normalized spacial score (nSPS) is 12.7. The monoisotopic (exact) mass is 296 g/mol. The molecule has 0 fully saturated rings. The lowest BCUT2D eigenvalue weighted by Crippen LogP contribution is -2.22. The maximum absolute atomic E-state index is 4.40. The van der Waals surface area contributed by atoms with E-state index in [0.29, 0.717) is 6.04 Å². The lowest BCUT2D eigenvalue weighted by Gasteiger charge is -2.17. The number of likely N-dealkylation sites (N-methyl/N-ethyl adjacent to an activating group) is 1. The lowest BCUT2D eigenvalue weighted by molar-refractivity contribution is 0.559. The molecular formula is C18H20N2S.